The number of rotatable bonds is 0. The van der Waals surface area contributed by atoms with Gasteiger partial charge < -0.3 is 5.73 Å². The fourth-order valence-corrected chi connectivity index (χ4v) is 1.84. The van der Waals surface area contributed by atoms with E-state index in [4.69, 9.17) is 5.73 Å². The van der Waals surface area contributed by atoms with Gasteiger partial charge in [0.05, 0.1) is 0 Å². The van der Waals surface area contributed by atoms with Crippen LogP contribution < -0.4 is 0 Å². The van der Waals surface area contributed by atoms with Gasteiger partial charge in [-0.25, -0.2) is 0 Å². The predicted octanol–water partition coefficient (Wildman–Crippen LogP) is 8.79. The Bertz CT molecular complexity index is 530. The Hall–Kier alpha value is 1.81. The maximum atomic E-state index is 6.94. The monoisotopic (exact) mass is 664 g/mol. The number of hydrogen-bond donors (Lipinski definition) is 0. The second kappa shape index (κ2) is 14.9. The Morgan fingerprint density at radius 2 is 1.52 bits per heavy atom. The fraction of sp³-hybridized carbons (Fsp3) is 0.438. The molecule has 0 atom stereocenters. The van der Waals surface area contributed by atoms with Crippen LogP contribution in [0.15, 0.2) is 34.8 Å². The third kappa shape index (κ3) is 20.0. The minimum absolute atomic E-state index is 0.250. The van der Waals surface area contributed by atoms with Crippen LogP contribution in [0.4, 0.5) is 0 Å². The molecule has 0 bridgehead atoms. The molecule has 0 amide bonds. The molecule has 0 saturated carbocycles. The summed E-state index contributed by atoms with van der Waals surface area (Å²) in [4.78, 5) is 0. The molecule has 2 aromatic carbocycles. The molecule has 0 heterocycles. The van der Waals surface area contributed by atoms with Crippen LogP contribution >= 0.6 is 52.6 Å². The Balaban J connectivity index is 0. The van der Waals surface area contributed by atoms with Gasteiger partial charge in [-0.1, -0.05) is 62.8 Å². The molecule has 2 aromatic rings. The van der Waals surface area contributed by atoms with E-state index in [2.05, 4.69) is 103 Å². The molecule has 2 rings (SSSR count). The van der Waals surface area contributed by atoms with Crippen molar-refractivity contribution in [2.75, 3.05) is 0 Å². The van der Waals surface area contributed by atoms with Crippen LogP contribution in [0, 0.1) is 6.92 Å². The fourth-order valence-electron chi connectivity index (χ4n) is 1.35. The molecular formula is C16H24Br4NSiZr-2. The zero-order chi connectivity index (χ0) is 18.6. The van der Waals surface area contributed by atoms with Gasteiger partial charge in [0.1, 0.15) is 0 Å². The molecule has 23 heavy (non-hydrogen) atoms. The molecule has 0 unspecified atom stereocenters. The van der Waals surface area contributed by atoms with Crippen molar-refractivity contribution in [3.8, 4) is 0 Å². The normalized spacial score (nSPS) is 9.70. The van der Waals surface area contributed by atoms with Gasteiger partial charge in [-0.2, -0.15) is 6.07 Å². The van der Waals surface area contributed by atoms with Gasteiger partial charge in [0.15, 0.2) is 0 Å². The summed E-state index contributed by atoms with van der Waals surface area (Å²) in [7, 11) is 1.08. The summed E-state index contributed by atoms with van der Waals surface area (Å²) in [5.74, 6) is 0. The molecule has 1 nitrogen and oxygen atoms in total. The van der Waals surface area contributed by atoms with Crippen LogP contribution in [0.3, 0.4) is 0 Å². The van der Waals surface area contributed by atoms with Crippen molar-refractivity contribution in [3.05, 3.63) is 46.1 Å². The van der Waals surface area contributed by atoms with E-state index in [1.807, 2.05) is 20.8 Å². The number of benzene rings is 1. The second-order valence-corrected chi connectivity index (χ2v) is 41.6. The molecule has 0 aromatic heterocycles. The van der Waals surface area contributed by atoms with Gasteiger partial charge in [0.2, 0.25) is 0 Å². The Morgan fingerprint density at radius 1 is 1.13 bits per heavy atom. The summed E-state index contributed by atoms with van der Waals surface area (Å²) < 4.78 is 1.18. The number of hydrogen-bond acceptors (Lipinski definition) is 0. The number of halogens is 4. The van der Waals surface area contributed by atoms with Crippen LogP contribution in [0.1, 0.15) is 26.3 Å². The topological polar surface area (TPSA) is 23.8 Å². The molecule has 0 saturated heterocycles. The first-order valence-corrected chi connectivity index (χ1v) is 26.6. The molecule has 0 aliphatic carbocycles. The van der Waals surface area contributed by atoms with Crippen LogP contribution in [-0.2, 0) is 14.7 Å². The average molecular weight is 669 g/mol. The van der Waals surface area contributed by atoms with E-state index in [0.717, 1.165) is 9.52 Å². The van der Waals surface area contributed by atoms with Gasteiger partial charge in [-0.3, -0.25) is 0 Å². The summed E-state index contributed by atoms with van der Waals surface area (Å²) in [6.07, 6.45) is 0. The van der Waals surface area contributed by atoms with E-state index in [1.54, 1.807) is 0 Å². The van der Waals surface area contributed by atoms with Crippen molar-refractivity contribution < 1.29 is 14.7 Å². The first-order chi connectivity index (χ1) is 10.4. The maximum absolute atomic E-state index is 6.94. The molecule has 0 spiro atoms. The van der Waals surface area contributed by atoms with E-state index in [9.17, 15) is 0 Å². The Kier molecular flexibility index (Phi) is 17.5. The average Bonchev–Trinajstić information content (AvgIpc) is 2.69. The molecule has 0 fully saturated rings. The van der Waals surface area contributed by atoms with Gasteiger partial charge in [-0.05, 0) is 4.47 Å². The number of aryl methyl sites for hydroxylation is 1. The third-order valence-corrected chi connectivity index (χ3v) is 2.53. The van der Waals surface area contributed by atoms with E-state index < -0.39 is 14.7 Å². The zero-order valence-electron chi connectivity index (χ0n) is 14.4. The molecule has 2 radical (unpaired) electrons. The number of nitrogens with one attached hydrogen (secondary N) is 1. The van der Waals surface area contributed by atoms with Crippen LogP contribution in [0.2, 0.25) is 13.1 Å². The van der Waals surface area contributed by atoms with Crippen molar-refractivity contribution in [1.29, 1.82) is 0 Å². The molecular weight excluding hydrogens is 645 g/mol. The third-order valence-electron chi connectivity index (χ3n) is 1.84. The Labute approximate surface area is 177 Å². The number of fused-ring (bicyclic) bond motifs is 1. The summed E-state index contributed by atoms with van der Waals surface area (Å²) >= 11 is 12.3. The van der Waals surface area contributed by atoms with Crippen LogP contribution in [-0.4, -0.2) is 15.1 Å². The predicted molar refractivity (Wildman–Crippen MR) is 120 cm³/mol. The van der Waals surface area contributed by atoms with Gasteiger partial charge in [0.25, 0.3) is 0 Å². The van der Waals surface area contributed by atoms with E-state index in [-0.39, 0.29) is 5.54 Å². The molecule has 1 N–H and O–H groups in total. The molecule has 131 valence electrons. The first kappa shape index (κ1) is 27.0. The van der Waals surface area contributed by atoms with Crippen molar-refractivity contribution in [2.24, 2.45) is 0 Å². The van der Waals surface area contributed by atoms with E-state index in [1.165, 1.54) is 20.8 Å². The van der Waals surface area contributed by atoms with Crippen LogP contribution in [0.25, 0.3) is 16.5 Å². The van der Waals surface area contributed by atoms with Crippen molar-refractivity contribution in [3.63, 3.8) is 0 Å². The van der Waals surface area contributed by atoms with Crippen molar-refractivity contribution in [1.82, 2.24) is 0 Å². The van der Waals surface area contributed by atoms with Gasteiger partial charge >= 0.3 is 51.4 Å². The second-order valence-electron chi connectivity index (χ2n) is 5.74. The quantitative estimate of drug-likeness (QED) is 0.198. The molecule has 0 aliphatic rings. The van der Waals surface area contributed by atoms with E-state index >= 15 is 0 Å². The molecule has 7 heteroatoms. The van der Waals surface area contributed by atoms with Crippen molar-refractivity contribution in [2.45, 2.75) is 46.3 Å². The van der Waals surface area contributed by atoms with Crippen molar-refractivity contribution >= 4 is 72.9 Å². The molecule has 0 aliphatic heterocycles. The standard InChI is InChI=1S/C10H8Br.C4H10N.C2H6Si.3BrH.Zr/c1-7-5-8-3-2-4-10(11)9(8)6-7;1-4(2,3)5;1-3-2;;;;/h2-6H,1H3;5H,1-3H3;1-2H3;3*1H;/q2*-1;;;;;+3/p-3. The SMILES string of the molecule is CC(C)(C)[NH-].C[Si]C.Cc1cc2c(Br)cccc2[cH-]1.[Br][Zr]([Br])[Br]. The summed E-state index contributed by atoms with van der Waals surface area (Å²) in [5.41, 5.74) is 8.01. The zero-order valence-corrected chi connectivity index (χ0v) is 24.2. The van der Waals surface area contributed by atoms with E-state index in [0.29, 0.717) is 0 Å². The summed E-state index contributed by atoms with van der Waals surface area (Å²) in [6.45, 7) is 12.0. The minimum atomic E-state index is -1.11. The summed E-state index contributed by atoms with van der Waals surface area (Å²) in [5, 5.41) is 2.63. The first-order valence-electron chi connectivity index (χ1n) is 6.90. The van der Waals surface area contributed by atoms with Crippen LogP contribution in [0.5, 0.6) is 0 Å². The van der Waals surface area contributed by atoms with Gasteiger partial charge in [0, 0.05) is 9.52 Å². The Morgan fingerprint density at radius 3 is 1.87 bits per heavy atom. The van der Waals surface area contributed by atoms with Gasteiger partial charge in [-0.15, -0.1) is 40.1 Å². The summed E-state index contributed by atoms with van der Waals surface area (Å²) in [6, 6.07) is 10.7.